The van der Waals surface area contributed by atoms with Crippen molar-refractivity contribution < 1.29 is 9.53 Å². The van der Waals surface area contributed by atoms with Crippen LogP contribution in [0.4, 0.5) is 0 Å². The Hall–Kier alpha value is -0.590. The molecule has 102 valence electrons. The van der Waals surface area contributed by atoms with Crippen molar-refractivity contribution in [1.82, 2.24) is 10.2 Å². The van der Waals surface area contributed by atoms with Gasteiger partial charge >= 0.3 is 0 Å². The zero-order valence-corrected chi connectivity index (χ0v) is 13.6. The van der Waals surface area contributed by atoms with E-state index in [1.54, 1.807) is 7.11 Å². The summed E-state index contributed by atoms with van der Waals surface area (Å²) < 4.78 is 6.13. The molecular formula is C12H19BrN2O2S. The summed E-state index contributed by atoms with van der Waals surface area (Å²) in [4.78, 5) is 15.9. The number of ether oxygens (including phenoxy) is 1. The van der Waals surface area contributed by atoms with Crippen molar-refractivity contribution in [3.63, 3.8) is 0 Å². The third-order valence-electron chi connectivity index (χ3n) is 2.70. The Morgan fingerprint density at radius 1 is 1.56 bits per heavy atom. The van der Waals surface area contributed by atoms with Gasteiger partial charge in [-0.05, 0) is 36.4 Å². The fraction of sp³-hybridized carbons (Fsp3) is 0.583. The number of halogens is 1. The number of hydrogen-bond donors (Lipinski definition) is 1. The Morgan fingerprint density at radius 3 is 2.78 bits per heavy atom. The Labute approximate surface area is 120 Å². The van der Waals surface area contributed by atoms with E-state index in [1.165, 1.54) is 11.3 Å². The third-order valence-corrected chi connectivity index (χ3v) is 5.00. The van der Waals surface area contributed by atoms with E-state index in [4.69, 9.17) is 4.74 Å². The second-order valence-electron chi connectivity index (χ2n) is 3.99. The molecule has 0 fully saturated rings. The van der Waals surface area contributed by atoms with Gasteiger partial charge in [0.15, 0.2) is 5.75 Å². The second kappa shape index (κ2) is 7.11. The average molecular weight is 335 g/mol. The lowest BCUT2D eigenvalue weighted by atomic mass is 10.3. The number of aryl methyl sites for hydroxylation is 1. The number of rotatable bonds is 6. The molecule has 0 aromatic carbocycles. The number of carbonyl (C=O) groups is 1. The molecule has 0 radical (unpaired) electrons. The van der Waals surface area contributed by atoms with Gasteiger partial charge in [0.2, 0.25) is 0 Å². The molecule has 0 spiro atoms. The number of amides is 1. The van der Waals surface area contributed by atoms with E-state index in [0.717, 1.165) is 22.4 Å². The number of carbonyl (C=O) groups excluding carboxylic acids is 1. The second-order valence-corrected chi connectivity index (χ2v) is 6.00. The first-order valence-electron chi connectivity index (χ1n) is 5.80. The Kier molecular flexibility index (Phi) is 6.11. The van der Waals surface area contributed by atoms with Crippen molar-refractivity contribution >= 4 is 33.2 Å². The lowest BCUT2D eigenvalue weighted by molar-refractivity contribution is 0.0951. The highest BCUT2D eigenvalue weighted by atomic mass is 79.9. The zero-order chi connectivity index (χ0) is 13.7. The van der Waals surface area contributed by atoms with Crippen LogP contribution in [-0.2, 0) is 0 Å². The van der Waals surface area contributed by atoms with Crippen LogP contribution in [0.25, 0.3) is 0 Å². The van der Waals surface area contributed by atoms with Crippen molar-refractivity contribution in [1.29, 1.82) is 0 Å². The monoisotopic (exact) mass is 334 g/mol. The SMILES string of the molecule is CCN(C)CCNC(=O)c1sc(C)c(Br)c1OC. The fourth-order valence-electron chi connectivity index (χ4n) is 1.43. The van der Waals surface area contributed by atoms with Gasteiger partial charge in [0, 0.05) is 18.0 Å². The topological polar surface area (TPSA) is 41.6 Å². The molecule has 18 heavy (non-hydrogen) atoms. The van der Waals surface area contributed by atoms with Crippen LogP contribution >= 0.6 is 27.3 Å². The van der Waals surface area contributed by atoms with Crippen molar-refractivity contribution in [2.45, 2.75) is 13.8 Å². The van der Waals surface area contributed by atoms with E-state index in [-0.39, 0.29) is 5.91 Å². The Morgan fingerprint density at radius 2 is 2.22 bits per heavy atom. The molecule has 1 rings (SSSR count). The molecule has 1 heterocycles. The van der Waals surface area contributed by atoms with Crippen LogP contribution in [0.5, 0.6) is 5.75 Å². The summed E-state index contributed by atoms with van der Waals surface area (Å²) in [5, 5.41) is 2.91. The van der Waals surface area contributed by atoms with Crippen LogP contribution in [0.2, 0.25) is 0 Å². The van der Waals surface area contributed by atoms with Crippen LogP contribution in [0.3, 0.4) is 0 Å². The first kappa shape index (κ1) is 15.5. The van der Waals surface area contributed by atoms with Crippen molar-refractivity contribution in [2.24, 2.45) is 0 Å². The molecule has 0 aliphatic carbocycles. The molecule has 1 N–H and O–H groups in total. The number of likely N-dealkylation sites (N-methyl/N-ethyl adjacent to an activating group) is 1. The van der Waals surface area contributed by atoms with Crippen molar-refractivity contribution in [3.8, 4) is 5.75 Å². The van der Waals surface area contributed by atoms with Gasteiger partial charge in [-0.1, -0.05) is 6.92 Å². The predicted molar refractivity (Wildman–Crippen MR) is 78.8 cm³/mol. The van der Waals surface area contributed by atoms with E-state index >= 15 is 0 Å². The van der Waals surface area contributed by atoms with Gasteiger partial charge in [-0.15, -0.1) is 11.3 Å². The van der Waals surface area contributed by atoms with Gasteiger partial charge in [0.25, 0.3) is 5.91 Å². The number of thiophene rings is 1. The standard InChI is InChI=1S/C12H19BrN2O2S/c1-5-15(3)7-6-14-12(16)11-10(17-4)9(13)8(2)18-11/h5-7H2,1-4H3,(H,14,16). The van der Waals surface area contributed by atoms with Gasteiger partial charge in [0.05, 0.1) is 11.6 Å². The van der Waals surface area contributed by atoms with Crippen LogP contribution in [0, 0.1) is 6.92 Å². The molecule has 0 bridgehead atoms. The molecule has 0 atom stereocenters. The van der Waals surface area contributed by atoms with Crippen LogP contribution in [0.15, 0.2) is 4.47 Å². The maximum atomic E-state index is 12.0. The van der Waals surface area contributed by atoms with Gasteiger partial charge in [-0.2, -0.15) is 0 Å². The quantitative estimate of drug-likeness (QED) is 0.869. The largest absolute Gasteiger partial charge is 0.494 e. The first-order valence-corrected chi connectivity index (χ1v) is 7.41. The highest BCUT2D eigenvalue weighted by Gasteiger charge is 2.20. The normalized spacial score (nSPS) is 10.8. The lowest BCUT2D eigenvalue weighted by Crippen LogP contribution is -2.32. The Bertz CT molecular complexity index is 420. The smallest absolute Gasteiger partial charge is 0.265 e. The number of methoxy groups -OCH3 is 1. The molecule has 0 aliphatic heterocycles. The van der Waals surface area contributed by atoms with Crippen LogP contribution in [-0.4, -0.2) is 44.6 Å². The van der Waals surface area contributed by atoms with Gasteiger partial charge in [-0.3, -0.25) is 4.79 Å². The molecule has 6 heteroatoms. The van der Waals surface area contributed by atoms with Crippen LogP contribution in [0.1, 0.15) is 21.5 Å². The van der Waals surface area contributed by atoms with Gasteiger partial charge in [-0.25, -0.2) is 0 Å². The summed E-state index contributed by atoms with van der Waals surface area (Å²) in [7, 11) is 3.60. The number of nitrogens with zero attached hydrogens (tertiary/aromatic N) is 1. The predicted octanol–water partition coefficient (Wildman–Crippen LogP) is 2.51. The van der Waals surface area contributed by atoms with Gasteiger partial charge < -0.3 is 15.0 Å². The van der Waals surface area contributed by atoms with E-state index in [0.29, 0.717) is 17.2 Å². The average Bonchev–Trinajstić information content (AvgIpc) is 2.65. The summed E-state index contributed by atoms with van der Waals surface area (Å²) in [6.07, 6.45) is 0. The highest BCUT2D eigenvalue weighted by Crippen LogP contribution is 2.38. The van der Waals surface area contributed by atoms with Crippen LogP contribution < -0.4 is 10.1 Å². The summed E-state index contributed by atoms with van der Waals surface area (Å²) in [5.74, 6) is 0.550. The summed E-state index contributed by atoms with van der Waals surface area (Å²) in [6, 6.07) is 0. The number of hydrogen-bond acceptors (Lipinski definition) is 4. The molecule has 0 saturated heterocycles. The third kappa shape index (κ3) is 3.70. The summed E-state index contributed by atoms with van der Waals surface area (Å²) >= 11 is 4.87. The fourth-order valence-corrected chi connectivity index (χ4v) is 3.10. The number of nitrogens with one attached hydrogen (secondary N) is 1. The molecule has 4 nitrogen and oxygen atoms in total. The zero-order valence-electron chi connectivity index (χ0n) is 11.2. The van der Waals surface area contributed by atoms with Crippen molar-refractivity contribution in [3.05, 3.63) is 14.2 Å². The molecular weight excluding hydrogens is 316 g/mol. The maximum Gasteiger partial charge on any atom is 0.265 e. The lowest BCUT2D eigenvalue weighted by Gasteiger charge is -2.13. The van der Waals surface area contributed by atoms with E-state index < -0.39 is 0 Å². The van der Waals surface area contributed by atoms with E-state index in [2.05, 4.69) is 33.1 Å². The molecule has 1 aromatic heterocycles. The minimum atomic E-state index is -0.0739. The van der Waals surface area contributed by atoms with E-state index in [1.807, 2.05) is 14.0 Å². The molecule has 1 amide bonds. The maximum absolute atomic E-state index is 12.0. The molecule has 1 aromatic rings. The summed E-state index contributed by atoms with van der Waals surface area (Å²) in [5.41, 5.74) is 0. The highest BCUT2D eigenvalue weighted by molar-refractivity contribution is 9.10. The van der Waals surface area contributed by atoms with Gasteiger partial charge in [0.1, 0.15) is 4.88 Å². The minimum absolute atomic E-state index is 0.0739. The molecule has 0 unspecified atom stereocenters. The minimum Gasteiger partial charge on any atom is -0.494 e. The summed E-state index contributed by atoms with van der Waals surface area (Å²) in [6.45, 7) is 6.50. The molecule has 0 saturated carbocycles. The first-order chi connectivity index (χ1) is 8.51. The van der Waals surface area contributed by atoms with E-state index in [9.17, 15) is 4.79 Å². The Balaban J connectivity index is 2.64. The van der Waals surface area contributed by atoms with Crippen molar-refractivity contribution in [2.75, 3.05) is 33.8 Å². The molecule has 0 aliphatic rings.